The average Bonchev–Trinajstić information content (AvgIpc) is 2.75. The molecule has 0 aliphatic heterocycles. The van der Waals surface area contributed by atoms with E-state index in [1.807, 2.05) is 81.4 Å². The zero-order valence-corrected chi connectivity index (χ0v) is 18.1. The van der Waals surface area contributed by atoms with Gasteiger partial charge in [-0.15, -0.1) is 0 Å². The highest BCUT2D eigenvalue weighted by molar-refractivity contribution is 5.96. The summed E-state index contributed by atoms with van der Waals surface area (Å²) in [7, 11) is 0. The van der Waals surface area contributed by atoms with Crippen molar-refractivity contribution in [2.45, 2.75) is 33.3 Å². The first-order valence-electron chi connectivity index (χ1n) is 10.2. The number of carbonyl (C=O) groups excluding carboxylic acids is 2. The summed E-state index contributed by atoms with van der Waals surface area (Å²) >= 11 is 0. The van der Waals surface area contributed by atoms with Crippen LogP contribution in [0, 0.1) is 20.8 Å². The van der Waals surface area contributed by atoms with Gasteiger partial charge in [-0.3, -0.25) is 9.59 Å². The quantitative estimate of drug-likeness (QED) is 0.505. The number of nitrogens with one attached hydrogen (secondary N) is 1. The summed E-state index contributed by atoms with van der Waals surface area (Å²) in [4.78, 5) is 25.5. The Bertz CT molecular complexity index is 1050. The van der Waals surface area contributed by atoms with Gasteiger partial charge >= 0.3 is 5.97 Å². The minimum atomic E-state index is -1.05. The van der Waals surface area contributed by atoms with E-state index in [9.17, 15) is 9.59 Å². The number of rotatable bonds is 8. The molecular formula is C26H27NO4. The summed E-state index contributed by atoms with van der Waals surface area (Å²) in [5.74, 6) is -0.203. The number of esters is 1. The molecular weight excluding hydrogens is 390 g/mol. The molecule has 0 spiro atoms. The van der Waals surface area contributed by atoms with E-state index in [4.69, 9.17) is 9.47 Å². The number of ether oxygens (including phenoxy) is 2. The Balaban J connectivity index is 1.66. The lowest BCUT2D eigenvalue weighted by atomic mass is 10.1. The molecule has 0 bridgehead atoms. The Morgan fingerprint density at radius 2 is 1.61 bits per heavy atom. The molecule has 5 heteroatoms. The molecule has 0 aromatic heterocycles. The molecule has 1 atom stereocenters. The lowest BCUT2D eigenvalue weighted by Gasteiger charge is -2.19. The van der Waals surface area contributed by atoms with Crippen LogP contribution in [0.25, 0.3) is 0 Å². The van der Waals surface area contributed by atoms with Gasteiger partial charge in [0, 0.05) is 11.3 Å². The zero-order valence-electron chi connectivity index (χ0n) is 18.1. The third kappa shape index (κ3) is 6.44. The van der Waals surface area contributed by atoms with Gasteiger partial charge in [0.2, 0.25) is 6.10 Å². The van der Waals surface area contributed by atoms with Crippen molar-refractivity contribution in [3.63, 3.8) is 0 Å². The Morgan fingerprint density at radius 3 is 2.35 bits per heavy atom. The van der Waals surface area contributed by atoms with E-state index < -0.39 is 18.0 Å². The van der Waals surface area contributed by atoms with Gasteiger partial charge < -0.3 is 14.8 Å². The second kappa shape index (κ2) is 10.4. The maximum absolute atomic E-state index is 13.0. The van der Waals surface area contributed by atoms with Gasteiger partial charge in [0.1, 0.15) is 5.75 Å². The molecule has 0 aliphatic rings. The SMILES string of the molecule is Cc1cccc(OCCC(=O)O[C@H](C(=O)Nc2cc(C)ccc2C)c2ccccc2)c1. The van der Waals surface area contributed by atoms with Crippen molar-refractivity contribution in [2.75, 3.05) is 11.9 Å². The summed E-state index contributed by atoms with van der Waals surface area (Å²) in [5, 5.41) is 2.90. The standard InChI is InChI=1S/C26H27NO4/c1-18-8-7-11-22(16-18)30-15-14-24(28)31-25(21-9-5-4-6-10-21)26(29)27-23-17-19(2)12-13-20(23)3/h4-13,16-17,25H,14-15H2,1-3H3,(H,27,29)/t25-/m0/s1. The molecule has 0 heterocycles. The number of hydrogen-bond acceptors (Lipinski definition) is 4. The van der Waals surface area contributed by atoms with Gasteiger partial charge in [0.05, 0.1) is 13.0 Å². The molecule has 3 aromatic rings. The summed E-state index contributed by atoms with van der Waals surface area (Å²) in [6.45, 7) is 6.02. The minimum Gasteiger partial charge on any atom is -0.493 e. The lowest BCUT2D eigenvalue weighted by Crippen LogP contribution is -2.26. The summed E-state index contributed by atoms with van der Waals surface area (Å²) in [5.41, 5.74) is 4.35. The van der Waals surface area contributed by atoms with E-state index >= 15 is 0 Å². The molecule has 3 rings (SSSR count). The van der Waals surface area contributed by atoms with E-state index in [1.54, 1.807) is 12.1 Å². The number of carbonyl (C=O) groups is 2. The maximum Gasteiger partial charge on any atom is 0.310 e. The molecule has 160 valence electrons. The second-order valence-corrected chi connectivity index (χ2v) is 7.50. The number of aryl methyl sites for hydroxylation is 3. The molecule has 0 radical (unpaired) electrons. The fraction of sp³-hybridized carbons (Fsp3) is 0.231. The molecule has 0 aliphatic carbocycles. The predicted molar refractivity (Wildman–Crippen MR) is 121 cm³/mol. The molecule has 0 fully saturated rings. The monoisotopic (exact) mass is 417 g/mol. The first kappa shape index (κ1) is 22.1. The molecule has 31 heavy (non-hydrogen) atoms. The van der Waals surface area contributed by atoms with Gasteiger partial charge in [-0.05, 0) is 55.7 Å². The highest BCUT2D eigenvalue weighted by Gasteiger charge is 2.25. The van der Waals surface area contributed by atoms with Gasteiger partial charge in [0.15, 0.2) is 0 Å². The van der Waals surface area contributed by atoms with Gasteiger partial charge in [-0.25, -0.2) is 0 Å². The van der Waals surface area contributed by atoms with Crippen LogP contribution in [-0.2, 0) is 14.3 Å². The van der Waals surface area contributed by atoms with Crippen LogP contribution < -0.4 is 10.1 Å². The number of amides is 1. The van der Waals surface area contributed by atoms with Crippen LogP contribution >= 0.6 is 0 Å². The van der Waals surface area contributed by atoms with Crippen molar-refractivity contribution in [3.8, 4) is 5.75 Å². The molecule has 0 unspecified atom stereocenters. The van der Waals surface area contributed by atoms with E-state index in [2.05, 4.69) is 5.32 Å². The van der Waals surface area contributed by atoms with Crippen molar-refractivity contribution in [2.24, 2.45) is 0 Å². The normalized spacial score (nSPS) is 11.5. The third-order valence-corrected chi connectivity index (χ3v) is 4.81. The third-order valence-electron chi connectivity index (χ3n) is 4.81. The van der Waals surface area contributed by atoms with Gasteiger partial charge in [0.25, 0.3) is 5.91 Å². The van der Waals surface area contributed by atoms with Crippen molar-refractivity contribution in [1.82, 2.24) is 0 Å². The number of hydrogen-bond donors (Lipinski definition) is 1. The van der Waals surface area contributed by atoms with Crippen molar-refractivity contribution in [1.29, 1.82) is 0 Å². The summed E-state index contributed by atoms with van der Waals surface area (Å²) in [6.07, 6.45) is -1.01. The van der Waals surface area contributed by atoms with Crippen molar-refractivity contribution in [3.05, 3.63) is 95.1 Å². The maximum atomic E-state index is 13.0. The zero-order chi connectivity index (χ0) is 22.2. The molecule has 3 aromatic carbocycles. The van der Waals surface area contributed by atoms with E-state index in [0.717, 1.165) is 16.7 Å². The largest absolute Gasteiger partial charge is 0.493 e. The van der Waals surface area contributed by atoms with Crippen LogP contribution in [0.15, 0.2) is 72.8 Å². The van der Waals surface area contributed by atoms with E-state index in [0.29, 0.717) is 17.0 Å². The van der Waals surface area contributed by atoms with Gasteiger partial charge in [-0.2, -0.15) is 0 Å². The average molecular weight is 418 g/mol. The Morgan fingerprint density at radius 1 is 0.871 bits per heavy atom. The Labute approximate surface area is 183 Å². The highest BCUT2D eigenvalue weighted by Crippen LogP contribution is 2.23. The lowest BCUT2D eigenvalue weighted by molar-refractivity contribution is -0.155. The van der Waals surface area contributed by atoms with E-state index in [1.165, 1.54) is 0 Å². The van der Waals surface area contributed by atoms with Crippen molar-refractivity contribution >= 4 is 17.6 Å². The van der Waals surface area contributed by atoms with Crippen LogP contribution in [0.1, 0.15) is 34.8 Å². The fourth-order valence-electron chi connectivity index (χ4n) is 3.12. The molecule has 1 N–H and O–H groups in total. The first-order chi connectivity index (χ1) is 14.9. The summed E-state index contributed by atoms with van der Waals surface area (Å²) < 4.78 is 11.2. The highest BCUT2D eigenvalue weighted by atomic mass is 16.6. The second-order valence-electron chi connectivity index (χ2n) is 7.50. The van der Waals surface area contributed by atoms with Crippen LogP contribution in [0.2, 0.25) is 0 Å². The van der Waals surface area contributed by atoms with Gasteiger partial charge in [-0.1, -0.05) is 54.6 Å². The minimum absolute atomic E-state index is 0.0357. The predicted octanol–water partition coefficient (Wildman–Crippen LogP) is 5.30. The summed E-state index contributed by atoms with van der Waals surface area (Å²) in [6, 6.07) is 22.4. The Hall–Kier alpha value is -3.60. The molecule has 0 saturated carbocycles. The molecule has 1 amide bonds. The smallest absolute Gasteiger partial charge is 0.310 e. The topological polar surface area (TPSA) is 64.6 Å². The molecule has 5 nitrogen and oxygen atoms in total. The molecule has 0 saturated heterocycles. The first-order valence-corrected chi connectivity index (χ1v) is 10.2. The number of benzene rings is 3. The Kier molecular flexibility index (Phi) is 7.44. The fourth-order valence-corrected chi connectivity index (χ4v) is 3.12. The van der Waals surface area contributed by atoms with Crippen molar-refractivity contribution < 1.29 is 19.1 Å². The van der Waals surface area contributed by atoms with Crippen LogP contribution in [0.5, 0.6) is 5.75 Å². The van der Waals surface area contributed by atoms with Crippen LogP contribution in [0.4, 0.5) is 5.69 Å². The van der Waals surface area contributed by atoms with E-state index in [-0.39, 0.29) is 13.0 Å². The number of anilines is 1. The van der Waals surface area contributed by atoms with Crippen LogP contribution in [-0.4, -0.2) is 18.5 Å². The van der Waals surface area contributed by atoms with Crippen LogP contribution in [0.3, 0.4) is 0 Å².